The fraction of sp³-hybridized carbons (Fsp3) is 0.965. The van der Waals surface area contributed by atoms with Crippen molar-refractivity contribution >= 4 is 87.3 Å². The molecule has 50 atom stereocenters. The third-order valence-electron chi connectivity index (χ3n) is 27.4. The van der Waals surface area contributed by atoms with Crippen LogP contribution in [0, 0.1) is 11.8 Å². The minimum Gasteiger partial charge on any atom is -0.394 e. The Hall–Kier alpha value is -1.96. The fourth-order valence-electron chi connectivity index (χ4n) is 18.3. The van der Waals surface area contributed by atoms with Gasteiger partial charge in [0.25, 0.3) is 0 Å². The molecule has 24 unspecified atom stereocenters. The van der Waals surface area contributed by atoms with E-state index in [0.717, 1.165) is 35.3 Å². The predicted octanol–water partition coefficient (Wildman–Crippen LogP) is -19.2. The van der Waals surface area contributed by atoms with Gasteiger partial charge in [-0.05, 0) is 73.2 Å². The molecule has 0 radical (unpaired) electrons. The van der Waals surface area contributed by atoms with Gasteiger partial charge in [0.05, 0.1) is 97.1 Å². The van der Waals surface area contributed by atoms with Crippen molar-refractivity contribution in [2.45, 2.75) is 331 Å². The first kappa shape index (κ1) is 130. The number of aliphatic hydroxyl groups is 31. The van der Waals surface area contributed by atoms with Gasteiger partial charge in [-0.15, -0.1) is 35.3 Å². The monoisotopic (exact) mass is 2290 g/mol. The van der Waals surface area contributed by atoms with Gasteiger partial charge in [0, 0.05) is 98.2 Å². The van der Waals surface area contributed by atoms with E-state index in [-0.39, 0.29) is 144 Å². The number of thiocarbonyl (C=S) groups is 3. The molecule has 876 valence electrons. The summed E-state index contributed by atoms with van der Waals surface area (Å²) in [6.07, 6.45) is -71.7. The molecule has 0 bridgehead atoms. The Bertz CT molecular complexity index is 3560. The molecule has 0 saturated carbocycles. The molecule has 10 fully saturated rings. The van der Waals surface area contributed by atoms with Crippen molar-refractivity contribution in [3.63, 3.8) is 0 Å². The Labute approximate surface area is 891 Å². The number of rotatable bonds is 55. The zero-order valence-electron chi connectivity index (χ0n) is 82.6. The highest BCUT2D eigenvalue weighted by Gasteiger charge is 2.58. The molecule has 0 amide bonds. The minimum absolute atomic E-state index is 0.0198. The van der Waals surface area contributed by atoms with Crippen molar-refractivity contribution in [3.05, 3.63) is 0 Å². The van der Waals surface area contributed by atoms with Crippen LogP contribution in [0.5, 0.6) is 0 Å². The van der Waals surface area contributed by atoms with E-state index in [0.29, 0.717) is 0 Å². The van der Waals surface area contributed by atoms with Crippen LogP contribution in [-0.4, -0.2) is 653 Å². The maximum absolute atomic E-state index is 11.5. The fourth-order valence-corrected chi connectivity index (χ4v) is 22.3. The second-order valence-corrected chi connectivity index (χ2v) is 42.8. The Balaban J connectivity index is 0.851. The average molecular weight is 2300 g/mol. The summed E-state index contributed by atoms with van der Waals surface area (Å²) in [7, 11) is 2.42. The van der Waals surface area contributed by atoms with Crippen molar-refractivity contribution in [3.8, 4) is 0 Å². The number of methoxy groups -OCH3 is 2. The highest BCUT2D eigenvalue weighted by atomic mass is 32.2. The van der Waals surface area contributed by atoms with E-state index in [9.17, 15) is 158 Å². The Morgan fingerprint density at radius 2 is 0.507 bits per heavy atom. The Morgan fingerprint density at radius 3 is 0.773 bits per heavy atom. The van der Waals surface area contributed by atoms with Gasteiger partial charge < -0.3 is 285 Å². The first-order valence-electron chi connectivity index (χ1n) is 49.3. The third kappa shape index (κ3) is 33.9. The molecular weight excluding hydrogens is 2140 g/mol. The van der Waals surface area contributed by atoms with E-state index in [4.69, 9.17) is 131 Å². The van der Waals surface area contributed by atoms with Crippen LogP contribution >= 0.6 is 71.9 Å². The van der Waals surface area contributed by atoms with Crippen LogP contribution in [0.25, 0.3) is 0 Å². The highest BCUT2D eigenvalue weighted by molar-refractivity contribution is 8.00. The summed E-state index contributed by atoms with van der Waals surface area (Å²) in [6, 6.07) is 0. The topological polar surface area (TPSA) is 887 Å². The van der Waals surface area contributed by atoms with Crippen LogP contribution in [0.4, 0.5) is 0 Å². The van der Waals surface area contributed by atoms with E-state index in [1.54, 1.807) is 13.8 Å². The van der Waals surface area contributed by atoms with Crippen molar-refractivity contribution in [2.24, 2.45) is 11.8 Å². The van der Waals surface area contributed by atoms with Gasteiger partial charge >= 0.3 is 0 Å². The number of hydrogen-bond acceptors (Lipinski definition) is 58. The third-order valence-corrected chi connectivity index (χ3v) is 32.0. The number of nitrogens with one attached hydrogen (secondary N) is 6. The van der Waals surface area contributed by atoms with E-state index >= 15 is 0 Å². The molecule has 10 aliphatic rings. The average Bonchev–Trinajstić information content (AvgIpc) is 0.796. The maximum atomic E-state index is 11.5. The van der Waals surface area contributed by atoms with Crippen molar-refractivity contribution in [1.82, 2.24) is 36.8 Å². The molecule has 10 heterocycles. The van der Waals surface area contributed by atoms with Crippen LogP contribution in [0.2, 0.25) is 0 Å². The second kappa shape index (κ2) is 63.0. The molecule has 150 heavy (non-hydrogen) atoms. The van der Waals surface area contributed by atoms with Crippen LogP contribution in [0.3, 0.4) is 0 Å². The maximum Gasteiger partial charge on any atom is 0.187 e. The van der Waals surface area contributed by atoms with Gasteiger partial charge in [-0.1, -0.05) is 13.8 Å². The van der Waals surface area contributed by atoms with Gasteiger partial charge in [-0.3, -0.25) is 4.90 Å². The molecule has 0 aromatic carbocycles. The van der Waals surface area contributed by atoms with Crippen LogP contribution in [-0.2, 0) is 94.7 Å². The number of aliphatic hydroxyl groups excluding tert-OH is 31. The molecule has 0 aromatic rings. The lowest BCUT2D eigenvalue weighted by atomic mass is 9.90. The molecule has 0 spiro atoms. The van der Waals surface area contributed by atoms with Gasteiger partial charge in [-0.25, -0.2) is 0 Å². The van der Waals surface area contributed by atoms with Gasteiger partial charge in [0.15, 0.2) is 59.4 Å². The summed E-state index contributed by atoms with van der Waals surface area (Å²) in [5, 5.41) is 352. The molecule has 0 aliphatic carbocycles. The number of ether oxygens (including phenoxy) is 20. The van der Waals surface area contributed by atoms with Crippen molar-refractivity contribution < 1.29 is 253 Å². The zero-order valence-corrected chi connectivity index (χ0v) is 87.5. The molecule has 58 nitrogen and oxygen atoms in total. The first-order chi connectivity index (χ1) is 71.5. The molecule has 10 saturated heterocycles. The van der Waals surface area contributed by atoms with E-state index < -0.39 is 363 Å². The summed E-state index contributed by atoms with van der Waals surface area (Å²) in [5.41, 5.74) is -5.22. The molecular formula is C86H155N7O51S6. The van der Waals surface area contributed by atoms with Gasteiger partial charge in [0.2, 0.25) is 0 Å². The summed E-state index contributed by atoms with van der Waals surface area (Å²) in [6.45, 7) is -3.52. The molecule has 10 rings (SSSR count). The van der Waals surface area contributed by atoms with E-state index in [1.807, 2.05) is 4.90 Å². The van der Waals surface area contributed by atoms with Gasteiger partial charge in [0.1, 0.15) is 229 Å². The molecule has 64 heteroatoms. The standard InChI is InChI=1S/C86H155N7O51S6/c1-33-35(130-75(58(115)45(33)102)140-68-40(25-97)135-73(125-3)63(120)53(68)110)20-90-83(145)87-8-11-93(12-9-88-84(146)91-21-36-34(2)46(103)59(116)76(131-36)141-69-41(26-98)136-74(126-4)64(121)54(69)111)13-10-89-85(147)92-86(30-127-14-5-17-148-80-65(122)55(112)70(42(27-99)137-80)142-77-60(117)50(107)47(104)37(22-94)132-77,31-128-15-6-18-149-81-66(123)56(113)71(43(28-100)138-81)143-78-61(118)51(108)48(105)38(23-95)133-78)32-129-16-7-19-150-82-67(124)57(114)72(44(29-101)139-82)144-79-62(119)52(109)49(106)39(24-96)134-79/h33-82,94-124H,5-32H2,1-4H3,(H2,87,90,145)(H2,88,91,146)(H2,89,92,147)/t33?,34?,35?,36?,37?,38?,39?,40?,41?,42?,43?,44?,45-,46-,47-,48-,49-,50-,51-,52-,53+,54+,55+,56+,57+,58?,59?,60?,61?,62?,63?,64?,65?,66?,67?,68?,69?,70+,71+,72+,73-,74-,75+,76+,77-,78-,79-,80-,81-,82-,86?/m0/s1. The highest BCUT2D eigenvalue weighted by Crippen LogP contribution is 2.41. The minimum atomic E-state index is -1.92. The smallest absolute Gasteiger partial charge is 0.187 e. The molecule has 10 aliphatic heterocycles. The summed E-state index contributed by atoms with van der Waals surface area (Å²) < 4.78 is 117. The van der Waals surface area contributed by atoms with Crippen LogP contribution in [0.1, 0.15) is 33.1 Å². The zero-order chi connectivity index (χ0) is 110. The molecule has 37 N–H and O–H groups in total. The molecule has 0 aromatic heterocycles. The lowest BCUT2D eigenvalue weighted by Crippen LogP contribution is -2.64. The summed E-state index contributed by atoms with van der Waals surface area (Å²) in [4.78, 5) is 1.95. The second-order valence-electron chi connectivity index (χ2n) is 38.0. The summed E-state index contributed by atoms with van der Waals surface area (Å²) in [5.74, 6) is -1.14. The van der Waals surface area contributed by atoms with Gasteiger partial charge in [-0.2, -0.15) is 0 Å². The normalized spacial score (nSPS) is 43.1. The number of thioether (sulfide) groups is 3. The Morgan fingerprint density at radius 1 is 0.273 bits per heavy atom. The largest absolute Gasteiger partial charge is 0.394 e. The lowest BCUT2D eigenvalue weighted by Gasteiger charge is -2.46. The van der Waals surface area contributed by atoms with Crippen molar-refractivity contribution in [1.29, 1.82) is 0 Å². The van der Waals surface area contributed by atoms with Crippen LogP contribution in [0.15, 0.2) is 0 Å². The van der Waals surface area contributed by atoms with E-state index in [2.05, 4.69) is 31.9 Å². The van der Waals surface area contributed by atoms with Crippen LogP contribution < -0.4 is 31.9 Å². The number of hydrogen-bond donors (Lipinski definition) is 37. The lowest BCUT2D eigenvalue weighted by molar-refractivity contribution is -0.351. The Kier molecular flexibility index (Phi) is 54.5. The first-order valence-corrected chi connectivity index (χ1v) is 53.7. The predicted molar refractivity (Wildman–Crippen MR) is 522 cm³/mol. The quantitative estimate of drug-likeness (QED) is 0.0199. The van der Waals surface area contributed by atoms with E-state index in [1.165, 1.54) is 14.2 Å². The SMILES string of the molecule is CO[C@H]1OC(CO)C(O[C@H]2OC(CNC(=S)NCCN(CCNC(=S)NCC3O[C@H](OC4C(CO)O[C@H](OC)C(O)[C@H]4O)C(O)[C@@H](O)C3C)CCNC(=S)NC(COCCCS[C@@H]3OC(CO)[C@@H](O[C@@H]4OC(CO)[C@H](O)[C@H](O)C4O)[C@H](O)C3O)(COCCCS[C@@H]3OC(CO)[C@@H](O[C@@H]4OC(CO)[C@H](O)[C@H](O)C4O)[C@H](O)C3O)COCCCS[C@@H]3OC(CO)[C@@H](O[C@@H]4OC(CO)[C@H](O)[C@H](O)C4O)[C@H](O)C3O)C(C)[C@H](O)C2O)[C@H](O)C1O. The summed E-state index contributed by atoms with van der Waals surface area (Å²) >= 11 is 20.6. The number of nitrogens with zero attached hydrogens (tertiary/aromatic N) is 1. The van der Waals surface area contributed by atoms with Crippen molar-refractivity contribution in [2.75, 3.05) is 176 Å².